The van der Waals surface area contributed by atoms with Crippen LogP contribution in [0.2, 0.25) is 0 Å². The number of ketones is 1. The zero-order chi connectivity index (χ0) is 14.0. The van der Waals surface area contributed by atoms with Crippen molar-refractivity contribution in [3.05, 3.63) is 47.3 Å². The summed E-state index contributed by atoms with van der Waals surface area (Å²) in [5.74, 6) is -0.0608. The third kappa shape index (κ3) is 3.28. The molecule has 0 saturated carbocycles. The number of carbonyl (C=O) groups excluding carboxylic acids is 1. The van der Waals surface area contributed by atoms with E-state index < -0.39 is 0 Å². The molecule has 2 aromatic rings. The van der Waals surface area contributed by atoms with Crippen LogP contribution >= 0.6 is 0 Å². The predicted octanol–water partition coefficient (Wildman–Crippen LogP) is 2.83. The van der Waals surface area contributed by atoms with Crippen LogP contribution in [0.25, 0.3) is 0 Å². The molecule has 0 saturated heterocycles. The molecular formula is C15H19N3O. The van der Waals surface area contributed by atoms with Gasteiger partial charge in [0.25, 0.3) is 0 Å². The van der Waals surface area contributed by atoms with Crippen molar-refractivity contribution in [2.24, 2.45) is 0 Å². The quantitative estimate of drug-likeness (QED) is 0.794. The molecule has 1 aromatic carbocycles. The van der Waals surface area contributed by atoms with Gasteiger partial charge in [-0.2, -0.15) is 0 Å². The molecule has 2 rings (SSSR count). The van der Waals surface area contributed by atoms with Crippen molar-refractivity contribution in [2.75, 3.05) is 0 Å². The van der Waals surface area contributed by atoms with Crippen molar-refractivity contribution in [3.63, 3.8) is 0 Å². The van der Waals surface area contributed by atoms with Gasteiger partial charge in [-0.15, -0.1) is 5.10 Å². The first-order valence-corrected chi connectivity index (χ1v) is 6.37. The number of rotatable bonds is 3. The van der Waals surface area contributed by atoms with Crippen molar-refractivity contribution in [2.45, 2.75) is 39.7 Å². The fraction of sp³-hybridized carbons (Fsp3) is 0.400. The highest BCUT2D eigenvalue weighted by atomic mass is 16.1. The van der Waals surface area contributed by atoms with Crippen molar-refractivity contribution in [3.8, 4) is 0 Å². The maximum absolute atomic E-state index is 11.2. The van der Waals surface area contributed by atoms with E-state index in [1.807, 2.05) is 0 Å². The highest BCUT2D eigenvalue weighted by Crippen LogP contribution is 2.22. The van der Waals surface area contributed by atoms with Gasteiger partial charge in [0.2, 0.25) is 0 Å². The molecule has 0 aliphatic rings. The molecule has 4 heteroatoms. The summed E-state index contributed by atoms with van der Waals surface area (Å²) < 4.78 is 1.68. The third-order valence-electron chi connectivity index (χ3n) is 3.06. The summed E-state index contributed by atoms with van der Waals surface area (Å²) in [5.41, 5.74) is 3.02. The van der Waals surface area contributed by atoms with Crippen LogP contribution in [0.15, 0.2) is 30.5 Å². The molecule has 19 heavy (non-hydrogen) atoms. The maximum Gasteiger partial charge on any atom is 0.181 e. The minimum atomic E-state index is -0.0608. The second-order valence-electron chi connectivity index (χ2n) is 5.80. The molecule has 0 unspecified atom stereocenters. The van der Waals surface area contributed by atoms with Crippen LogP contribution in [0.4, 0.5) is 0 Å². The molecular weight excluding hydrogens is 238 g/mol. The SMILES string of the molecule is CC(=O)c1cn(Cc2ccc(C(C)(C)C)cc2)nn1. The topological polar surface area (TPSA) is 47.8 Å². The molecule has 1 heterocycles. The van der Waals surface area contributed by atoms with E-state index in [4.69, 9.17) is 0 Å². The summed E-state index contributed by atoms with van der Waals surface area (Å²) in [6, 6.07) is 8.46. The number of benzene rings is 1. The lowest BCUT2D eigenvalue weighted by Gasteiger charge is -2.19. The van der Waals surface area contributed by atoms with Gasteiger partial charge in [0.15, 0.2) is 5.78 Å². The smallest absolute Gasteiger partial charge is 0.181 e. The summed E-state index contributed by atoms with van der Waals surface area (Å²) in [4.78, 5) is 11.2. The minimum Gasteiger partial charge on any atom is -0.293 e. The standard InChI is InChI=1S/C15H19N3O/c1-11(19)14-10-18(17-16-14)9-12-5-7-13(8-6-12)15(2,3)4/h5-8,10H,9H2,1-4H3. The zero-order valence-electron chi connectivity index (χ0n) is 11.8. The van der Waals surface area contributed by atoms with Crippen LogP contribution in [-0.2, 0) is 12.0 Å². The largest absolute Gasteiger partial charge is 0.293 e. The van der Waals surface area contributed by atoms with E-state index in [0.29, 0.717) is 12.2 Å². The van der Waals surface area contributed by atoms with Crippen LogP contribution < -0.4 is 0 Å². The minimum absolute atomic E-state index is 0.0608. The Morgan fingerprint density at radius 2 is 1.84 bits per heavy atom. The first kappa shape index (κ1) is 13.5. The molecule has 0 spiro atoms. The van der Waals surface area contributed by atoms with Gasteiger partial charge in [0.05, 0.1) is 12.7 Å². The number of hydrogen-bond donors (Lipinski definition) is 0. The van der Waals surface area contributed by atoms with Gasteiger partial charge < -0.3 is 0 Å². The van der Waals surface area contributed by atoms with E-state index in [1.165, 1.54) is 12.5 Å². The van der Waals surface area contributed by atoms with Gasteiger partial charge >= 0.3 is 0 Å². The van der Waals surface area contributed by atoms with Crippen molar-refractivity contribution >= 4 is 5.78 Å². The van der Waals surface area contributed by atoms with Crippen LogP contribution in [-0.4, -0.2) is 20.8 Å². The van der Waals surface area contributed by atoms with Crippen LogP contribution in [0, 0.1) is 0 Å². The van der Waals surface area contributed by atoms with E-state index in [1.54, 1.807) is 10.9 Å². The summed E-state index contributed by atoms with van der Waals surface area (Å²) in [5, 5.41) is 7.78. The molecule has 0 aliphatic carbocycles. The Morgan fingerprint density at radius 3 is 2.32 bits per heavy atom. The fourth-order valence-electron chi connectivity index (χ4n) is 1.83. The van der Waals surface area contributed by atoms with Gasteiger partial charge in [0.1, 0.15) is 5.69 Å². The Morgan fingerprint density at radius 1 is 1.21 bits per heavy atom. The molecule has 100 valence electrons. The van der Waals surface area contributed by atoms with Crippen molar-refractivity contribution in [1.29, 1.82) is 0 Å². The number of hydrogen-bond acceptors (Lipinski definition) is 3. The summed E-state index contributed by atoms with van der Waals surface area (Å²) >= 11 is 0. The molecule has 1 aromatic heterocycles. The lowest BCUT2D eigenvalue weighted by atomic mass is 9.87. The molecule has 0 amide bonds. The predicted molar refractivity (Wildman–Crippen MR) is 74.3 cm³/mol. The van der Waals surface area contributed by atoms with E-state index in [0.717, 1.165) is 5.56 Å². The van der Waals surface area contributed by atoms with E-state index in [2.05, 4.69) is 55.3 Å². The normalized spacial score (nSPS) is 11.6. The van der Waals surface area contributed by atoms with Gasteiger partial charge in [0, 0.05) is 6.92 Å². The summed E-state index contributed by atoms with van der Waals surface area (Å²) in [6.07, 6.45) is 1.68. The number of Topliss-reactive ketones (excluding diaryl/α,β-unsaturated/α-hetero) is 1. The summed E-state index contributed by atoms with van der Waals surface area (Å²) in [6.45, 7) is 8.70. The Hall–Kier alpha value is -1.97. The van der Waals surface area contributed by atoms with Crippen LogP contribution in [0.5, 0.6) is 0 Å². The first-order chi connectivity index (χ1) is 8.86. The molecule has 0 bridgehead atoms. The summed E-state index contributed by atoms with van der Waals surface area (Å²) in [7, 11) is 0. The Kier molecular flexibility index (Phi) is 3.51. The second-order valence-corrected chi connectivity index (χ2v) is 5.80. The average Bonchev–Trinajstić information content (AvgIpc) is 2.77. The molecule has 0 fully saturated rings. The van der Waals surface area contributed by atoms with E-state index in [-0.39, 0.29) is 11.2 Å². The van der Waals surface area contributed by atoms with E-state index in [9.17, 15) is 4.79 Å². The lowest BCUT2D eigenvalue weighted by molar-refractivity contribution is 0.101. The van der Waals surface area contributed by atoms with Crippen LogP contribution in [0.1, 0.15) is 49.3 Å². The Labute approximate surface area is 113 Å². The maximum atomic E-state index is 11.2. The number of carbonyl (C=O) groups is 1. The molecule has 0 N–H and O–H groups in total. The third-order valence-corrected chi connectivity index (χ3v) is 3.06. The Bertz CT molecular complexity index is 576. The first-order valence-electron chi connectivity index (χ1n) is 6.37. The highest BCUT2D eigenvalue weighted by molar-refractivity contribution is 5.91. The van der Waals surface area contributed by atoms with Crippen LogP contribution in [0.3, 0.4) is 0 Å². The van der Waals surface area contributed by atoms with Gasteiger partial charge in [-0.05, 0) is 16.5 Å². The van der Waals surface area contributed by atoms with Crippen molar-refractivity contribution in [1.82, 2.24) is 15.0 Å². The fourth-order valence-corrected chi connectivity index (χ4v) is 1.83. The monoisotopic (exact) mass is 257 g/mol. The molecule has 0 radical (unpaired) electrons. The average molecular weight is 257 g/mol. The van der Waals surface area contributed by atoms with Gasteiger partial charge in [-0.1, -0.05) is 50.3 Å². The van der Waals surface area contributed by atoms with Crippen molar-refractivity contribution < 1.29 is 4.79 Å². The second kappa shape index (κ2) is 4.96. The molecule has 4 nitrogen and oxygen atoms in total. The zero-order valence-corrected chi connectivity index (χ0v) is 11.8. The highest BCUT2D eigenvalue weighted by Gasteiger charge is 2.13. The van der Waals surface area contributed by atoms with Gasteiger partial charge in [-0.3, -0.25) is 4.79 Å². The number of aromatic nitrogens is 3. The van der Waals surface area contributed by atoms with E-state index >= 15 is 0 Å². The molecule has 0 atom stereocenters. The van der Waals surface area contributed by atoms with Gasteiger partial charge in [-0.25, -0.2) is 4.68 Å². The molecule has 0 aliphatic heterocycles. The number of nitrogens with zero attached hydrogens (tertiary/aromatic N) is 3. The lowest BCUT2D eigenvalue weighted by Crippen LogP contribution is -2.11. The Balaban J connectivity index is 2.13.